The Kier molecular flexibility index (Phi) is 3.36. The zero-order valence-electron chi connectivity index (χ0n) is 11.9. The zero-order valence-corrected chi connectivity index (χ0v) is 11.9. The van der Waals surface area contributed by atoms with E-state index in [0.717, 1.165) is 40.7 Å². The number of β-amino-alcohol motifs (C(OH)–C–C–N with tert-alkyl or cyclic N) is 1. The van der Waals surface area contributed by atoms with Crippen LogP contribution in [0.5, 0.6) is 0 Å². The third-order valence-electron chi connectivity index (χ3n) is 3.98. The first-order chi connectivity index (χ1) is 9.52. The molecule has 2 N–H and O–H groups in total. The highest BCUT2D eigenvalue weighted by Gasteiger charge is 2.20. The van der Waals surface area contributed by atoms with Crippen molar-refractivity contribution in [1.29, 1.82) is 0 Å². The number of aliphatic hydroxyl groups excluding tert-OH is 1. The molecule has 0 unspecified atom stereocenters. The van der Waals surface area contributed by atoms with Crippen LogP contribution in [0.2, 0.25) is 0 Å². The average Bonchev–Trinajstić information content (AvgIpc) is 2.76. The quantitative estimate of drug-likeness (QED) is 0.875. The van der Waals surface area contributed by atoms with E-state index in [-0.39, 0.29) is 11.5 Å². The lowest BCUT2D eigenvalue weighted by molar-refractivity contribution is 0.174. The molecular weight excluding hydrogens is 252 g/mol. The van der Waals surface area contributed by atoms with E-state index in [0.29, 0.717) is 13.1 Å². The number of nitrogens with one attached hydrogen (secondary N) is 1. The van der Waals surface area contributed by atoms with E-state index >= 15 is 0 Å². The number of aliphatic hydroxyl groups is 1. The van der Waals surface area contributed by atoms with Crippen molar-refractivity contribution < 1.29 is 5.11 Å². The Bertz CT molecular complexity index is 705. The molecule has 3 rings (SSSR count). The summed E-state index contributed by atoms with van der Waals surface area (Å²) in [6, 6.07) is 5.71. The second-order valence-corrected chi connectivity index (χ2v) is 5.84. The number of hydrogen-bond acceptors (Lipinski definition) is 3. The summed E-state index contributed by atoms with van der Waals surface area (Å²) in [6.07, 6.45) is 0.585. The van der Waals surface area contributed by atoms with Gasteiger partial charge in [-0.25, -0.2) is 0 Å². The van der Waals surface area contributed by atoms with Crippen LogP contribution < -0.4 is 5.43 Å². The van der Waals surface area contributed by atoms with Gasteiger partial charge >= 0.3 is 0 Å². The van der Waals surface area contributed by atoms with Gasteiger partial charge in [0, 0.05) is 36.8 Å². The van der Waals surface area contributed by atoms with E-state index < -0.39 is 0 Å². The summed E-state index contributed by atoms with van der Waals surface area (Å²) in [5.74, 6) is 0. The minimum Gasteiger partial charge on any atom is -0.392 e. The fraction of sp³-hybridized carbons (Fsp3) is 0.438. The molecule has 0 saturated carbocycles. The van der Waals surface area contributed by atoms with E-state index in [1.165, 1.54) is 0 Å². The van der Waals surface area contributed by atoms with Gasteiger partial charge in [0.25, 0.3) is 0 Å². The molecule has 1 atom stereocenters. The van der Waals surface area contributed by atoms with E-state index in [9.17, 15) is 9.90 Å². The summed E-state index contributed by atoms with van der Waals surface area (Å²) in [4.78, 5) is 17.8. The Labute approximate surface area is 118 Å². The lowest BCUT2D eigenvalue weighted by Gasteiger charge is -2.15. The van der Waals surface area contributed by atoms with Gasteiger partial charge < -0.3 is 10.1 Å². The fourth-order valence-corrected chi connectivity index (χ4v) is 3.04. The smallest absolute Gasteiger partial charge is 0.189 e. The summed E-state index contributed by atoms with van der Waals surface area (Å²) in [6.45, 7) is 6.29. The van der Waals surface area contributed by atoms with Crippen molar-refractivity contribution in [2.75, 3.05) is 13.1 Å². The van der Waals surface area contributed by atoms with Gasteiger partial charge in [-0.15, -0.1) is 0 Å². The van der Waals surface area contributed by atoms with Gasteiger partial charge in [-0.2, -0.15) is 0 Å². The molecule has 1 fully saturated rings. The van der Waals surface area contributed by atoms with Crippen LogP contribution >= 0.6 is 0 Å². The molecular formula is C16H20N2O2. The second-order valence-electron chi connectivity index (χ2n) is 5.84. The van der Waals surface area contributed by atoms with Crippen molar-refractivity contribution in [3.63, 3.8) is 0 Å². The molecule has 1 aliphatic rings. The largest absolute Gasteiger partial charge is 0.392 e. The van der Waals surface area contributed by atoms with Crippen LogP contribution in [0.25, 0.3) is 10.9 Å². The minimum absolute atomic E-state index is 0.0697. The first kappa shape index (κ1) is 13.3. The molecule has 0 radical (unpaired) electrons. The standard InChI is InChI=1S/C16H20N2O2/c1-10-5-11(2)16-14(6-10)15(20)7-12(17-16)8-18-4-3-13(19)9-18/h5-7,13,19H,3-4,8-9H2,1-2H3,(H,17,20)/t13-/m1/s1. The third-order valence-corrected chi connectivity index (χ3v) is 3.98. The van der Waals surface area contributed by atoms with Crippen molar-refractivity contribution in [1.82, 2.24) is 9.88 Å². The molecule has 1 aliphatic heterocycles. The van der Waals surface area contributed by atoms with Gasteiger partial charge in [0.05, 0.1) is 11.6 Å². The highest BCUT2D eigenvalue weighted by atomic mass is 16.3. The molecule has 0 amide bonds. The highest BCUT2D eigenvalue weighted by Crippen LogP contribution is 2.18. The van der Waals surface area contributed by atoms with E-state index in [2.05, 4.69) is 16.0 Å². The fourth-order valence-electron chi connectivity index (χ4n) is 3.04. The monoisotopic (exact) mass is 272 g/mol. The van der Waals surface area contributed by atoms with Gasteiger partial charge in [0.2, 0.25) is 0 Å². The SMILES string of the molecule is Cc1cc(C)c2[nH]c(CN3CC[C@@H](O)C3)cc(=O)c2c1. The number of likely N-dealkylation sites (tertiary alicyclic amines) is 1. The molecule has 1 aromatic carbocycles. The van der Waals surface area contributed by atoms with Crippen molar-refractivity contribution in [2.24, 2.45) is 0 Å². The lowest BCUT2D eigenvalue weighted by atomic mass is 10.1. The molecule has 4 heteroatoms. The van der Waals surface area contributed by atoms with Crippen LogP contribution in [0.3, 0.4) is 0 Å². The van der Waals surface area contributed by atoms with Crippen LogP contribution in [0.1, 0.15) is 23.2 Å². The number of aryl methyl sites for hydroxylation is 2. The Hall–Kier alpha value is -1.65. The number of pyridine rings is 1. The first-order valence-electron chi connectivity index (χ1n) is 7.06. The van der Waals surface area contributed by atoms with E-state index in [4.69, 9.17) is 0 Å². The first-order valence-corrected chi connectivity index (χ1v) is 7.06. The van der Waals surface area contributed by atoms with Gasteiger partial charge in [-0.3, -0.25) is 9.69 Å². The predicted octanol–water partition coefficient (Wildman–Crippen LogP) is 1.71. The van der Waals surface area contributed by atoms with Crippen LogP contribution in [-0.2, 0) is 6.54 Å². The molecule has 0 spiro atoms. The normalized spacial score (nSPS) is 19.9. The topological polar surface area (TPSA) is 56.3 Å². The Morgan fingerprint density at radius 3 is 2.85 bits per heavy atom. The van der Waals surface area contributed by atoms with Crippen molar-refractivity contribution in [3.8, 4) is 0 Å². The Balaban J connectivity index is 1.99. The Morgan fingerprint density at radius 2 is 2.15 bits per heavy atom. The maximum atomic E-state index is 12.3. The van der Waals surface area contributed by atoms with Gasteiger partial charge in [-0.05, 0) is 37.5 Å². The van der Waals surface area contributed by atoms with Crippen molar-refractivity contribution >= 4 is 10.9 Å². The van der Waals surface area contributed by atoms with Crippen molar-refractivity contribution in [3.05, 3.63) is 45.2 Å². The molecule has 106 valence electrons. The number of benzene rings is 1. The summed E-state index contributed by atoms with van der Waals surface area (Å²) >= 11 is 0. The number of fused-ring (bicyclic) bond motifs is 1. The molecule has 0 aliphatic carbocycles. The maximum Gasteiger partial charge on any atom is 0.189 e. The molecule has 0 bridgehead atoms. The van der Waals surface area contributed by atoms with Gasteiger partial charge in [-0.1, -0.05) is 6.07 Å². The molecule has 2 heterocycles. The highest BCUT2D eigenvalue weighted by molar-refractivity contribution is 5.82. The molecule has 2 aromatic rings. The summed E-state index contributed by atoms with van der Waals surface area (Å²) in [7, 11) is 0. The van der Waals surface area contributed by atoms with Crippen molar-refractivity contribution in [2.45, 2.75) is 32.9 Å². The number of H-pyrrole nitrogens is 1. The van der Waals surface area contributed by atoms with E-state index in [1.807, 2.05) is 19.9 Å². The molecule has 1 aromatic heterocycles. The number of aromatic nitrogens is 1. The number of aromatic amines is 1. The molecule has 1 saturated heterocycles. The van der Waals surface area contributed by atoms with Crippen LogP contribution in [-0.4, -0.2) is 34.2 Å². The molecule has 4 nitrogen and oxygen atoms in total. The minimum atomic E-state index is -0.230. The van der Waals surface area contributed by atoms with Crippen LogP contribution in [0.15, 0.2) is 23.0 Å². The summed E-state index contributed by atoms with van der Waals surface area (Å²) in [5, 5.41) is 10.3. The predicted molar refractivity (Wildman–Crippen MR) is 79.9 cm³/mol. The number of nitrogens with zero attached hydrogens (tertiary/aromatic N) is 1. The number of hydrogen-bond donors (Lipinski definition) is 2. The Morgan fingerprint density at radius 1 is 1.35 bits per heavy atom. The zero-order chi connectivity index (χ0) is 14.3. The van der Waals surface area contributed by atoms with Gasteiger partial charge in [0.1, 0.15) is 0 Å². The lowest BCUT2D eigenvalue weighted by Crippen LogP contribution is -2.23. The van der Waals surface area contributed by atoms with Crippen LogP contribution in [0, 0.1) is 13.8 Å². The summed E-state index contributed by atoms with van der Waals surface area (Å²) < 4.78 is 0. The molecule has 20 heavy (non-hydrogen) atoms. The second kappa shape index (κ2) is 5.04. The summed E-state index contributed by atoms with van der Waals surface area (Å²) in [5.41, 5.74) is 4.12. The van der Waals surface area contributed by atoms with E-state index in [1.54, 1.807) is 6.07 Å². The third kappa shape index (κ3) is 2.49. The van der Waals surface area contributed by atoms with Gasteiger partial charge in [0.15, 0.2) is 5.43 Å². The van der Waals surface area contributed by atoms with Crippen LogP contribution in [0.4, 0.5) is 0 Å². The maximum absolute atomic E-state index is 12.3. The number of rotatable bonds is 2. The average molecular weight is 272 g/mol.